The summed E-state index contributed by atoms with van der Waals surface area (Å²) in [7, 11) is 0. The average Bonchev–Trinajstić information content (AvgIpc) is 3.23. The van der Waals surface area contributed by atoms with Crippen LogP contribution in [0.1, 0.15) is 313 Å². The van der Waals surface area contributed by atoms with Crippen molar-refractivity contribution in [2.75, 3.05) is 13.2 Å². The van der Waals surface area contributed by atoms with Crippen LogP contribution < -0.4 is 0 Å². The van der Waals surface area contributed by atoms with Crippen LogP contribution in [0.15, 0.2) is 0 Å². The van der Waals surface area contributed by atoms with E-state index in [0.717, 1.165) is 26.1 Å². The summed E-state index contributed by atoms with van der Waals surface area (Å²) in [5.41, 5.74) is -1.15. The van der Waals surface area contributed by atoms with Crippen molar-refractivity contribution in [3.63, 3.8) is 0 Å². The fourth-order valence-electron chi connectivity index (χ4n) is 11.5. The Morgan fingerprint density at radius 1 is 0.348 bits per heavy atom. The zero-order valence-electron chi connectivity index (χ0n) is 45.8. The van der Waals surface area contributed by atoms with Gasteiger partial charge in [-0.05, 0) is 68.2 Å². The minimum atomic E-state index is -0.330. The van der Waals surface area contributed by atoms with Crippen LogP contribution >= 0.6 is 0 Å². The van der Waals surface area contributed by atoms with Gasteiger partial charge in [0.1, 0.15) is 12.2 Å². The number of hydroxylamine groups is 4. The quantitative estimate of drug-likeness (QED) is 0.0443. The van der Waals surface area contributed by atoms with E-state index < -0.39 is 0 Å². The van der Waals surface area contributed by atoms with Crippen LogP contribution in [-0.2, 0) is 28.7 Å². The normalized spacial score (nSPS) is 18.8. The zero-order chi connectivity index (χ0) is 48.6. The first kappa shape index (κ1) is 60.9. The predicted molar refractivity (Wildman–Crippen MR) is 278 cm³/mol. The van der Waals surface area contributed by atoms with Crippen LogP contribution in [0.25, 0.3) is 0 Å². The van der Waals surface area contributed by atoms with Crippen molar-refractivity contribution in [1.29, 1.82) is 0 Å². The fourth-order valence-corrected chi connectivity index (χ4v) is 11.5. The van der Waals surface area contributed by atoms with Gasteiger partial charge in [0.25, 0.3) is 0 Å². The first-order valence-corrected chi connectivity index (χ1v) is 28.8. The van der Waals surface area contributed by atoms with Gasteiger partial charge in [-0.2, -0.15) is 10.1 Å². The third-order valence-corrected chi connectivity index (χ3v) is 14.7. The largest absolute Gasteiger partial charge is 0.462 e. The molecule has 0 aromatic carbocycles. The molecule has 0 radical (unpaired) electrons. The molecule has 0 atom stereocenters. The molecule has 0 saturated carbocycles. The van der Waals surface area contributed by atoms with Gasteiger partial charge in [0, 0.05) is 47.8 Å². The molecule has 2 saturated heterocycles. The smallest absolute Gasteiger partial charge is 0.306 e. The lowest BCUT2D eigenvalue weighted by Crippen LogP contribution is -2.62. The molecule has 2 fully saturated rings. The maximum absolute atomic E-state index is 13.1. The Morgan fingerprint density at radius 3 is 0.758 bits per heavy atom. The lowest BCUT2D eigenvalue weighted by molar-refractivity contribution is -0.294. The summed E-state index contributed by atoms with van der Waals surface area (Å²) in [6.07, 6.45) is 45.8. The highest BCUT2D eigenvalue weighted by Crippen LogP contribution is 2.41. The summed E-state index contributed by atoms with van der Waals surface area (Å²) >= 11 is 0. The van der Waals surface area contributed by atoms with E-state index >= 15 is 0 Å². The molecule has 0 aromatic heterocycles. The SMILES string of the molecule is CCCCCCCCCCCCCCCCCCON1C(C)(C)CC(OC(=O)CCC(=O)OC2CC(C)(C)N(OCCCCCCCCCCCCCCCCCC)C(C)(C)C2)CC1(C)C. The van der Waals surface area contributed by atoms with Crippen LogP contribution in [-0.4, -0.2) is 69.6 Å². The molecule has 0 bridgehead atoms. The van der Waals surface area contributed by atoms with Gasteiger partial charge in [0.15, 0.2) is 0 Å². The molecule has 0 unspecified atom stereocenters. The topological polar surface area (TPSA) is 77.5 Å². The zero-order valence-corrected chi connectivity index (χ0v) is 45.8. The van der Waals surface area contributed by atoms with Gasteiger partial charge in [-0.1, -0.05) is 206 Å². The number of carbonyl (C=O) groups is 2. The molecular weight excluding hydrogens is 821 g/mol. The van der Waals surface area contributed by atoms with Crippen molar-refractivity contribution in [1.82, 2.24) is 10.1 Å². The van der Waals surface area contributed by atoms with Crippen molar-refractivity contribution in [3.8, 4) is 0 Å². The number of ether oxygens (including phenoxy) is 2. The second kappa shape index (κ2) is 35.0. The Balaban J connectivity index is 1.56. The summed E-state index contributed by atoms with van der Waals surface area (Å²) in [4.78, 5) is 39.1. The molecule has 2 rings (SSSR count). The number of unbranched alkanes of at least 4 members (excludes halogenated alkanes) is 30. The number of rotatable bonds is 41. The molecule has 66 heavy (non-hydrogen) atoms. The minimum absolute atomic E-state index is 0.0315. The molecule has 8 nitrogen and oxygen atoms in total. The first-order valence-electron chi connectivity index (χ1n) is 28.8. The fraction of sp³-hybridized carbons (Fsp3) is 0.966. The third kappa shape index (κ3) is 27.2. The molecule has 2 heterocycles. The van der Waals surface area contributed by atoms with Crippen molar-refractivity contribution in [2.24, 2.45) is 0 Å². The van der Waals surface area contributed by atoms with Gasteiger partial charge >= 0.3 is 11.9 Å². The van der Waals surface area contributed by atoms with Gasteiger partial charge in [-0.3, -0.25) is 19.3 Å². The van der Waals surface area contributed by atoms with E-state index in [4.69, 9.17) is 19.1 Å². The Bertz CT molecular complexity index is 1090. The van der Waals surface area contributed by atoms with Crippen molar-refractivity contribution in [2.45, 2.75) is 348 Å². The summed E-state index contributed by atoms with van der Waals surface area (Å²) in [5, 5.41) is 4.32. The second-order valence-corrected chi connectivity index (χ2v) is 23.7. The van der Waals surface area contributed by atoms with Crippen molar-refractivity contribution in [3.05, 3.63) is 0 Å². The Labute approximate surface area is 410 Å². The Morgan fingerprint density at radius 2 is 0.545 bits per heavy atom. The van der Waals surface area contributed by atoms with Crippen LogP contribution in [0.4, 0.5) is 0 Å². The number of nitrogens with zero attached hydrogens (tertiary/aromatic N) is 2. The molecule has 0 N–H and O–H groups in total. The number of hydrogen-bond donors (Lipinski definition) is 0. The molecule has 2 aliphatic heterocycles. The molecular formula is C58H112N2O6. The maximum atomic E-state index is 13.1. The maximum Gasteiger partial charge on any atom is 0.306 e. The van der Waals surface area contributed by atoms with E-state index in [1.54, 1.807) is 0 Å². The van der Waals surface area contributed by atoms with Crippen LogP contribution in [0.5, 0.6) is 0 Å². The Kier molecular flexibility index (Phi) is 32.3. The molecule has 0 amide bonds. The molecule has 2 aliphatic rings. The molecule has 0 spiro atoms. The van der Waals surface area contributed by atoms with Gasteiger partial charge in [-0.15, -0.1) is 0 Å². The van der Waals surface area contributed by atoms with Gasteiger partial charge in [-0.25, -0.2) is 0 Å². The van der Waals surface area contributed by atoms with Gasteiger partial charge in [0.05, 0.1) is 26.1 Å². The minimum Gasteiger partial charge on any atom is -0.462 e. The number of carbonyl (C=O) groups excluding carboxylic acids is 2. The van der Waals surface area contributed by atoms with Crippen molar-refractivity contribution >= 4 is 11.9 Å². The van der Waals surface area contributed by atoms with E-state index in [0.29, 0.717) is 25.7 Å². The van der Waals surface area contributed by atoms with Crippen LogP contribution in [0.2, 0.25) is 0 Å². The standard InChI is InChI=1S/C58H112N2O6/c1-11-13-15-17-19-21-23-25-27-29-31-33-35-37-39-41-45-63-59-55(3,4)47-51(48-56(59,5)6)65-53(61)43-44-54(62)66-52-49-57(7,8)60(58(9,10)50-52)64-46-42-40-38-36-34-32-30-28-26-24-22-20-18-16-14-12-2/h51-52H,11-50H2,1-10H3. The highest BCUT2D eigenvalue weighted by atomic mass is 16.7. The average molecular weight is 934 g/mol. The van der Waals surface area contributed by atoms with E-state index in [1.807, 2.05) is 0 Å². The predicted octanol–water partition coefficient (Wildman–Crippen LogP) is 17.3. The molecule has 0 aromatic rings. The second-order valence-electron chi connectivity index (χ2n) is 23.7. The van der Waals surface area contributed by atoms with Gasteiger partial charge in [0.2, 0.25) is 0 Å². The number of hydrogen-bond acceptors (Lipinski definition) is 8. The summed E-state index contributed by atoms with van der Waals surface area (Å²) in [6, 6.07) is 0. The summed E-state index contributed by atoms with van der Waals surface area (Å²) in [5.74, 6) is -0.659. The molecule has 390 valence electrons. The van der Waals surface area contributed by atoms with E-state index in [9.17, 15) is 9.59 Å². The monoisotopic (exact) mass is 933 g/mol. The summed E-state index contributed by atoms with van der Waals surface area (Å²) < 4.78 is 12.1. The first-order chi connectivity index (χ1) is 31.5. The van der Waals surface area contributed by atoms with Crippen LogP contribution in [0.3, 0.4) is 0 Å². The molecule has 8 heteroatoms. The Hall–Kier alpha value is -1.22. The van der Waals surface area contributed by atoms with Crippen LogP contribution in [0, 0.1) is 0 Å². The van der Waals surface area contributed by atoms with E-state index in [2.05, 4.69) is 79.4 Å². The lowest BCUT2D eigenvalue weighted by atomic mass is 9.80. The third-order valence-electron chi connectivity index (χ3n) is 14.7. The highest BCUT2D eigenvalue weighted by Gasteiger charge is 2.49. The number of piperidine rings is 2. The lowest BCUT2D eigenvalue weighted by Gasteiger charge is -2.53. The molecule has 0 aliphatic carbocycles. The number of esters is 2. The van der Waals surface area contributed by atoms with Crippen molar-refractivity contribution < 1.29 is 28.7 Å². The summed E-state index contributed by atoms with van der Waals surface area (Å²) in [6.45, 7) is 23.5. The highest BCUT2D eigenvalue weighted by molar-refractivity contribution is 5.77. The van der Waals surface area contributed by atoms with E-state index in [1.165, 1.54) is 193 Å². The van der Waals surface area contributed by atoms with Gasteiger partial charge < -0.3 is 9.47 Å². The van der Waals surface area contributed by atoms with E-state index in [-0.39, 0.29) is 59.1 Å².